The first-order valence-electron chi connectivity index (χ1n) is 11.5. The predicted octanol–water partition coefficient (Wildman–Crippen LogP) is 4.72. The number of rotatable bonds is 11. The van der Waals surface area contributed by atoms with E-state index in [4.69, 9.17) is 26.9 Å². The number of benzene rings is 3. The van der Waals surface area contributed by atoms with Crippen LogP contribution in [0.4, 0.5) is 11.6 Å². The van der Waals surface area contributed by atoms with Crippen LogP contribution in [0.3, 0.4) is 0 Å². The van der Waals surface area contributed by atoms with Crippen molar-refractivity contribution in [2.24, 2.45) is 5.10 Å². The molecule has 1 amide bonds. The second kappa shape index (κ2) is 12.8. The molecule has 0 atom stereocenters. The monoisotopic (exact) mass is 551 g/mol. The van der Waals surface area contributed by atoms with E-state index in [0.717, 1.165) is 34.2 Å². The lowest BCUT2D eigenvalue weighted by molar-refractivity contribution is -0.113. The first-order chi connectivity index (χ1) is 18.4. The van der Waals surface area contributed by atoms with Crippen LogP contribution in [0.25, 0.3) is 0 Å². The first kappa shape index (κ1) is 26.8. The minimum absolute atomic E-state index is 0.0974. The van der Waals surface area contributed by atoms with Crippen LogP contribution in [0, 0.1) is 6.92 Å². The number of amides is 1. The van der Waals surface area contributed by atoms with Gasteiger partial charge in [0.2, 0.25) is 11.1 Å². The number of methoxy groups -OCH3 is 1. The van der Waals surface area contributed by atoms with E-state index in [-0.39, 0.29) is 17.6 Å². The summed E-state index contributed by atoms with van der Waals surface area (Å²) in [5.41, 5.74) is 6.00. The van der Waals surface area contributed by atoms with Crippen molar-refractivity contribution in [3.05, 3.63) is 88.4 Å². The van der Waals surface area contributed by atoms with Crippen molar-refractivity contribution in [3.63, 3.8) is 0 Å². The van der Waals surface area contributed by atoms with Gasteiger partial charge in [-0.3, -0.25) is 4.79 Å². The topological polar surface area (TPSA) is 129 Å². The van der Waals surface area contributed by atoms with Crippen LogP contribution < -0.4 is 26.1 Å². The third-order valence-electron chi connectivity index (χ3n) is 5.33. The summed E-state index contributed by atoms with van der Waals surface area (Å²) in [6.45, 7) is 2.21. The fraction of sp³-hybridized carbons (Fsp3) is 0.154. The zero-order valence-corrected chi connectivity index (χ0v) is 22.3. The van der Waals surface area contributed by atoms with Crippen LogP contribution in [-0.2, 0) is 11.4 Å². The van der Waals surface area contributed by atoms with Gasteiger partial charge in [0.25, 0.3) is 5.95 Å². The smallest absolute Gasteiger partial charge is 0.264 e. The van der Waals surface area contributed by atoms with Crippen molar-refractivity contribution in [2.75, 3.05) is 29.4 Å². The predicted molar refractivity (Wildman–Crippen MR) is 151 cm³/mol. The number of anilines is 2. The maximum atomic E-state index is 12.4. The van der Waals surface area contributed by atoms with Gasteiger partial charge >= 0.3 is 0 Å². The molecule has 0 bridgehead atoms. The Morgan fingerprint density at radius 1 is 1.16 bits per heavy atom. The summed E-state index contributed by atoms with van der Waals surface area (Å²) >= 11 is 7.37. The standard InChI is InChI=1S/C26H26ClN7O3S/c1-17-13-20(36-2)11-12-22(17)30-24(35)16-38-26-33-32-25(34(26)28)31-29-14-18-7-4-6-10-23(18)37-15-19-8-3-5-9-21(19)27/h3-14H,15-16,28H2,1-2H3,(H,30,35)(H,31,32)/b29-14+. The molecule has 38 heavy (non-hydrogen) atoms. The van der Waals surface area contributed by atoms with Crippen molar-refractivity contribution >= 4 is 47.1 Å². The summed E-state index contributed by atoms with van der Waals surface area (Å²) in [6, 6.07) is 20.4. The van der Waals surface area contributed by atoms with Crippen LogP contribution in [0.2, 0.25) is 5.02 Å². The Balaban J connectivity index is 1.31. The molecule has 4 rings (SSSR count). The Kier molecular flexibility index (Phi) is 9.07. The number of aryl methyl sites for hydroxylation is 1. The molecule has 0 unspecified atom stereocenters. The molecule has 0 aliphatic rings. The molecule has 0 fully saturated rings. The van der Waals surface area contributed by atoms with Gasteiger partial charge in [0.1, 0.15) is 18.1 Å². The normalized spacial score (nSPS) is 10.9. The van der Waals surface area contributed by atoms with Gasteiger partial charge in [0.15, 0.2) is 0 Å². The second-order valence-electron chi connectivity index (χ2n) is 7.98. The third kappa shape index (κ3) is 6.96. The Morgan fingerprint density at radius 3 is 2.74 bits per heavy atom. The number of hydrogen-bond acceptors (Lipinski definition) is 9. The lowest BCUT2D eigenvalue weighted by Gasteiger charge is -2.10. The highest BCUT2D eigenvalue weighted by atomic mass is 35.5. The second-order valence-corrected chi connectivity index (χ2v) is 9.33. The molecule has 0 spiro atoms. The number of nitrogens with one attached hydrogen (secondary N) is 2. The Hall–Kier alpha value is -4.22. The van der Waals surface area contributed by atoms with E-state index >= 15 is 0 Å². The number of ether oxygens (including phenoxy) is 2. The van der Waals surface area contributed by atoms with Crippen LogP contribution in [0.15, 0.2) is 77.0 Å². The summed E-state index contributed by atoms with van der Waals surface area (Å²) in [6.07, 6.45) is 1.59. The first-order valence-corrected chi connectivity index (χ1v) is 12.8. The van der Waals surface area contributed by atoms with Gasteiger partial charge in [-0.05, 0) is 48.9 Å². The third-order valence-corrected chi connectivity index (χ3v) is 6.64. The van der Waals surface area contributed by atoms with Gasteiger partial charge in [-0.25, -0.2) is 10.1 Å². The molecule has 0 aliphatic carbocycles. The van der Waals surface area contributed by atoms with Crippen molar-refractivity contribution in [1.29, 1.82) is 0 Å². The summed E-state index contributed by atoms with van der Waals surface area (Å²) in [7, 11) is 1.60. The van der Waals surface area contributed by atoms with Crippen molar-refractivity contribution in [3.8, 4) is 11.5 Å². The lowest BCUT2D eigenvalue weighted by atomic mass is 10.2. The van der Waals surface area contributed by atoms with Gasteiger partial charge < -0.3 is 20.6 Å². The largest absolute Gasteiger partial charge is 0.497 e. The van der Waals surface area contributed by atoms with Gasteiger partial charge in [-0.2, -0.15) is 5.10 Å². The number of hydrogen-bond donors (Lipinski definition) is 3. The highest BCUT2D eigenvalue weighted by Gasteiger charge is 2.13. The maximum absolute atomic E-state index is 12.4. The van der Waals surface area contributed by atoms with E-state index < -0.39 is 0 Å². The molecule has 4 aromatic rings. The van der Waals surface area contributed by atoms with Gasteiger partial charge in [-0.1, -0.05) is 53.7 Å². The molecule has 4 N–H and O–H groups in total. The van der Waals surface area contributed by atoms with E-state index in [2.05, 4.69) is 26.0 Å². The highest BCUT2D eigenvalue weighted by molar-refractivity contribution is 7.99. The number of hydrazone groups is 1. The van der Waals surface area contributed by atoms with Crippen LogP contribution >= 0.6 is 23.4 Å². The molecule has 0 saturated carbocycles. The van der Waals surface area contributed by atoms with E-state index in [1.54, 1.807) is 25.5 Å². The number of nitrogen functional groups attached to an aromatic ring is 1. The van der Waals surface area contributed by atoms with E-state index in [1.807, 2.05) is 61.5 Å². The Bertz CT molecular complexity index is 1440. The van der Waals surface area contributed by atoms with E-state index in [9.17, 15) is 4.79 Å². The number of carbonyl (C=O) groups is 1. The van der Waals surface area contributed by atoms with Crippen LogP contribution in [0.1, 0.15) is 16.7 Å². The molecule has 0 saturated heterocycles. The van der Waals surface area contributed by atoms with E-state index in [0.29, 0.717) is 28.2 Å². The van der Waals surface area contributed by atoms with E-state index in [1.165, 1.54) is 4.68 Å². The summed E-state index contributed by atoms with van der Waals surface area (Å²) in [5, 5.41) is 16.1. The zero-order valence-electron chi connectivity index (χ0n) is 20.7. The zero-order chi connectivity index (χ0) is 26.9. The molecule has 12 heteroatoms. The lowest BCUT2D eigenvalue weighted by Crippen LogP contribution is -2.17. The summed E-state index contributed by atoms with van der Waals surface area (Å²) < 4.78 is 12.4. The fourth-order valence-corrected chi connectivity index (χ4v) is 4.17. The molecular formula is C26H26ClN7O3S. The highest BCUT2D eigenvalue weighted by Crippen LogP contribution is 2.23. The quantitative estimate of drug-likeness (QED) is 0.106. The van der Waals surface area contributed by atoms with Gasteiger partial charge in [-0.15, -0.1) is 10.2 Å². The summed E-state index contributed by atoms with van der Waals surface area (Å²) in [5.74, 6) is 7.56. The molecule has 0 radical (unpaired) electrons. The number of para-hydroxylation sites is 1. The molecule has 10 nitrogen and oxygen atoms in total. The van der Waals surface area contributed by atoms with Crippen molar-refractivity contribution in [1.82, 2.24) is 14.9 Å². The Morgan fingerprint density at radius 2 is 1.95 bits per heavy atom. The average molecular weight is 552 g/mol. The minimum atomic E-state index is -0.202. The minimum Gasteiger partial charge on any atom is -0.497 e. The van der Waals surface area contributed by atoms with Crippen molar-refractivity contribution < 1.29 is 14.3 Å². The molecule has 1 aromatic heterocycles. The number of thioether (sulfide) groups is 1. The molecule has 0 aliphatic heterocycles. The summed E-state index contributed by atoms with van der Waals surface area (Å²) in [4.78, 5) is 12.4. The SMILES string of the molecule is COc1ccc(NC(=O)CSc2nnc(N/N=C/c3ccccc3OCc3ccccc3Cl)n2N)c(C)c1. The van der Waals surface area contributed by atoms with Crippen LogP contribution in [0.5, 0.6) is 11.5 Å². The van der Waals surface area contributed by atoms with Crippen LogP contribution in [-0.4, -0.2) is 39.9 Å². The molecule has 1 heterocycles. The number of nitrogens with two attached hydrogens (primary N) is 1. The maximum Gasteiger partial charge on any atom is 0.264 e. The Labute approximate surface area is 229 Å². The van der Waals surface area contributed by atoms with Crippen molar-refractivity contribution in [2.45, 2.75) is 18.7 Å². The average Bonchev–Trinajstić information content (AvgIpc) is 3.27. The number of carbonyl (C=O) groups excluding carboxylic acids is 1. The number of nitrogens with zero attached hydrogens (tertiary/aromatic N) is 4. The van der Waals surface area contributed by atoms with Gasteiger partial charge in [0, 0.05) is 21.8 Å². The molecular weight excluding hydrogens is 526 g/mol. The number of aromatic nitrogens is 3. The molecule has 196 valence electrons. The molecule has 3 aromatic carbocycles. The fourth-order valence-electron chi connectivity index (χ4n) is 3.32. The van der Waals surface area contributed by atoms with Gasteiger partial charge in [0.05, 0.1) is 19.1 Å². The number of halogens is 1.